The van der Waals surface area contributed by atoms with Crippen molar-refractivity contribution in [3.05, 3.63) is 24.3 Å². The normalized spacial score (nSPS) is 13.5. The Hall–Kier alpha value is -1.70. The van der Waals surface area contributed by atoms with Crippen LogP contribution in [0.2, 0.25) is 0 Å². The largest absolute Gasteiger partial charge is 0.460 e. The van der Waals surface area contributed by atoms with Gasteiger partial charge in [0, 0.05) is 30.3 Å². The van der Waals surface area contributed by atoms with Gasteiger partial charge in [-0.2, -0.15) is 0 Å². The van der Waals surface area contributed by atoms with Crippen LogP contribution in [0.4, 0.5) is 0 Å². The summed E-state index contributed by atoms with van der Waals surface area (Å²) in [5.41, 5.74) is 0.523. The zero-order valence-electron chi connectivity index (χ0n) is 14.9. The lowest BCUT2D eigenvalue weighted by Crippen LogP contribution is -2.44. The van der Waals surface area contributed by atoms with E-state index in [0.717, 1.165) is 0 Å². The fraction of sp³-hybridized carbons (Fsp3) is 0.647. The molecule has 0 amide bonds. The fourth-order valence-electron chi connectivity index (χ4n) is 1.73. The van der Waals surface area contributed by atoms with Gasteiger partial charge >= 0.3 is 11.9 Å². The summed E-state index contributed by atoms with van der Waals surface area (Å²) in [7, 11) is 0. The first kappa shape index (κ1) is 22.3. The number of carbonyl (C=O) groups is 2. The van der Waals surface area contributed by atoms with E-state index in [1.54, 1.807) is 4.90 Å². The Balaban J connectivity index is 4.38. The Bertz CT molecular complexity index is 422. The molecule has 0 aliphatic carbocycles. The Labute approximate surface area is 143 Å². The van der Waals surface area contributed by atoms with E-state index in [0.29, 0.717) is 0 Å². The summed E-state index contributed by atoms with van der Waals surface area (Å²) >= 11 is 0. The predicted octanol–water partition coefficient (Wildman–Crippen LogP) is 0.657. The predicted molar refractivity (Wildman–Crippen MR) is 90.3 cm³/mol. The molecule has 0 aromatic carbocycles. The zero-order valence-corrected chi connectivity index (χ0v) is 14.9. The van der Waals surface area contributed by atoms with Crippen LogP contribution in [0.3, 0.4) is 0 Å². The molecule has 138 valence electrons. The molecule has 0 aliphatic rings. The maximum Gasteiger partial charge on any atom is 0.333 e. The molecule has 0 heterocycles. The first-order valence-corrected chi connectivity index (χ1v) is 7.80. The van der Waals surface area contributed by atoms with Crippen molar-refractivity contribution in [2.45, 2.75) is 45.9 Å². The summed E-state index contributed by atoms with van der Waals surface area (Å²) in [6, 6.07) is 0.0305. The van der Waals surface area contributed by atoms with Gasteiger partial charge in [0.25, 0.3) is 0 Å². The third-order valence-corrected chi connectivity index (χ3v) is 3.13. The van der Waals surface area contributed by atoms with Crippen LogP contribution in [0.1, 0.15) is 27.7 Å². The van der Waals surface area contributed by atoms with Crippen molar-refractivity contribution < 1.29 is 29.3 Å². The van der Waals surface area contributed by atoms with E-state index in [-0.39, 0.29) is 43.5 Å². The van der Waals surface area contributed by atoms with E-state index in [1.165, 1.54) is 13.8 Å². The van der Waals surface area contributed by atoms with Gasteiger partial charge in [-0.15, -0.1) is 0 Å². The van der Waals surface area contributed by atoms with Crippen molar-refractivity contribution in [2.24, 2.45) is 0 Å². The van der Waals surface area contributed by atoms with Crippen LogP contribution in [0.5, 0.6) is 0 Å². The second kappa shape index (κ2) is 11.0. The van der Waals surface area contributed by atoms with Crippen molar-refractivity contribution in [1.29, 1.82) is 0 Å². The number of aliphatic hydroxyl groups is 2. The lowest BCUT2D eigenvalue weighted by atomic mass is 10.2. The van der Waals surface area contributed by atoms with Crippen molar-refractivity contribution in [1.82, 2.24) is 4.90 Å². The quantitative estimate of drug-likeness (QED) is 0.420. The molecule has 0 aromatic rings. The molecule has 2 N–H and O–H groups in total. The van der Waals surface area contributed by atoms with Gasteiger partial charge < -0.3 is 19.7 Å². The van der Waals surface area contributed by atoms with Gasteiger partial charge in [0.05, 0.1) is 0 Å². The van der Waals surface area contributed by atoms with Crippen LogP contribution in [-0.4, -0.2) is 71.6 Å². The topological polar surface area (TPSA) is 96.3 Å². The van der Waals surface area contributed by atoms with Crippen LogP contribution in [0.25, 0.3) is 0 Å². The number of ether oxygens (including phenoxy) is 2. The molecule has 0 radical (unpaired) electrons. The Kier molecular flexibility index (Phi) is 10.2. The maximum absolute atomic E-state index is 11.3. The maximum atomic E-state index is 11.3. The number of nitrogens with zero attached hydrogens (tertiary/aromatic N) is 1. The van der Waals surface area contributed by atoms with Gasteiger partial charge in [0.2, 0.25) is 0 Å². The molecule has 0 aromatic heterocycles. The van der Waals surface area contributed by atoms with E-state index in [9.17, 15) is 19.8 Å². The van der Waals surface area contributed by atoms with E-state index in [2.05, 4.69) is 13.2 Å². The molecule has 0 rings (SSSR count). The van der Waals surface area contributed by atoms with Crippen LogP contribution in [-0.2, 0) is 19.1 Å². The van der Waals surface area contributed by atoms with Crippen molar-refractivity contribution in [3.8, 4) is 0 Å². The van der Waals surface area contributed by atoms with Gasteiger partial charge in [-0.25, -0.2) is 9.59 Å². The molecule has 0 fully saturated rings. The first-order chi connectivity index (χ1) is 11.0. The molecule has 2 atom stereocenters. The third-order valence-electron chi connectivity index (χ3n) is 3.13. The average molecular weight is 343 g/mol. The van der Waals surface area contributed by atoms with Gasteiger partial charge in [-0.1, -0.05) is 13.2 Å². The highest BCUT2D eigenvalue weighted by molar-refractivity contribution is 5.87. The molecule has 7 heteroatoms. The monoisotopic (exact) mass is 343 g/mol. The highest BCUT2D eigenvalue weighted by Gasteiger charge is 2.20. The standard InChI is InChI=1S/C17H29NO6/c1-11(2)16(21)23-9-14(19)7-18(13(5)6)8-15(20)10-24-17(22)12(3)4/h13-15,19-20H,1,3,7-10H2,2,4-6H3. The van der Waals surface area contributed by atoms with Gasteiger partial charge in [0.15, 0.2) is 0 Å². The smallest absolute Gasteiger partial charge is 0.333 e. The third kappa shape index (κ3) is 9.44. The summed E-state index contributed by atoms with van der Waals surface area (Å²) in [4.78, 5) is 24.4. The molecule has 2 unspecified atom stereocenters. The molecule has 0 saturated carbocycles. The van der Waals surface area contributed by atoms with Crippen molar-refractivity contribution in [2.75, 3.05) is 26.3 Å². The fourth-order valence-corrected chi connectivity index (χ4v) is 1.73. The minimum Gasteiger partial charge on any atom is -0.460 e. The molecule has 24 heavy (non-hydrogen) atoms. The number of hydrogen-bond donors (Lipinski definition) is 2. The second-order valence-corrected chi connectivity index (χ2v) is 6.11. The number of aliphatic hydroxyl groups excluding tert-OH is 2. The van der Waals surface area contributed by atoms with E-state index < -0.39 is 24.1 Å². The summed E-state index contributed by atoms with van der Waals surface area (Å²) in [5, 5.41) is 20.0. The number of hydrogen-bond acceptors (Lipinski definition) is 7. The summed E-state index contributed by atoms with van der Waals surface area (Å²) < 4.78 is 9.80. The van der Waals surface area contributed by atoms with Gasteiger partial charge in [-0.05, 0) is 27.7 Å². The molecule has 0 spiro atoms. The number of carbonyl (C=O) groups excluding carboxylic acids is 2. The van der Waals surface area contributed by atoms with Crippen LogP contribution >= 0.6 is 0 Å². The number of rotatable bonds is 11. The SMILES string of the molecule is C=C(C)C(=O)OCC(O)CN(CC(O)COC(=O)C(=C)C)C(C)C. The molecule has 7 nitrogen and oxygen atoms in total. The highest BCUT2D eigenvalue weighted by Crippen LogP contribution is 2.05. The number of esters is 2. The van der Waals surface area contributed by atoms with Crippen LogP contribution in [0.15, 0.2) is 24.3 Å². The first-order valence-electron chi connectivity index (χ1n) is 7.80. The highest BCUT2D eigenvalue weighted by atomic mass is 16.5. The van der Waals surface area contributed by atoms with Gasteiger partial charge in [-0.3, -0.25) is 4.90 Å². The lowest BCUT2D eigenvalue weighted by molar-refractivity contribution is -0.142. The van der Waals surface area contributed by atoms with E-state index >= 15 is 0 Å². The van der Waals surface area contributed by atoms with Crippen LogP contribution < -0.4 is 0 Å². The van der Waals surface area contributed by atoms with E-state index in [4.69, 9.17) is 9.47 Å². The Morgan fingerprint density at radius 1 is 0.917 bits per heavy atom. The van der Waals surface area contributed by atoms with Crippen molar-refractivity contribution >= 4 is 11.9 Å². The molecular weight excluding hydrogens is 314 g/mol. The molecule has 0 bridgehead atoms. The second-order valence-electron chi connectivity index (χ2n) is 6.11. The minimum atomic E-state index is -0.902. The average Bonchev–Trinajstić information content (AvgIpc) is 2.48. The molecule has 0 aliphatic heterocycles. The molecular formula is C17H29NO6. The minimum absolute atomic E-state index is 0.0305. The van der Waals surface area contributed by atoms with Gasteiger partial charge in [0.1, 0.15) is 25.4 Å². The van der Waals surface area contributed by atoms with E-state index in [1.807, 2.05) is 13.8 Å². The van der Waals surface area contributed by atoms with Crippen molar-refractivity contribution in [3.63, 3.8) is 0 Å². The Morgan fingerprint density at radius 2 is 1.25 bits per heavy atom. The summed E-state index contributed by atoms with van der Waals surface area (Å²) in [5.74, 6) is -1.12. The summed E-state index contributed by atoms with van der Waals surface area (Å²) in [6.07, 6.45) is -1.80. The zero-order chi connectivity index (χ0) is 18.9. The Morgan fingerprint density at radius 3 is 1.50 bits per heavy atom. The molecule has 0 saturated heterocycles. The lowest BCUT2D eigenvalue weighted by Gasteiger charge is -2.30. The summed E-state index contributed by atoms with van der Waals surface area (Å²) in [6.45, 7) is 13.9. The van der Waals surface area contributed by atoms with Crippen LogP contribution in [0, 0.1) is 0 Å².